The van der Waals surface area contributed by atoms with Crippen molar-refractivity contribution in [3.63, 3.8) is 0 Å². The number of nitrogens with zero attached hydrogens (tertiary/aromatic N) is 2. The number of ether oxygens (including phenoxy) is 1. The van der Waals surface area contributed by atoms with Crippen LogP contribution in [-0.2, 0) is 0 Å². The van der Waals surface area contributed by atoms with Crippen molar-refractivity contribution in [2.45, 2.75) is 33.7 Å². The summed E-state index contributed by atoms with van der Waals surface area (Å²) >= 11 is 1.43. The molecule has 5 rings (SSSR count). The van der Waals surface area contributed by atoms with Crippen molar-refractivity contribution >= 4 is 33.3 Å². The van der Waals surface area contributed by atoms with Gasteiger partial charge in [-0.2, -0.15) is 0 Å². The van der Waals surface area contributed by atoms with Crippen LogP contribution in [0.4, 0.5) is 5.13 Å². The standard InChI is InChI=1S/C25H22N2O4S/c1-12-9-18-19(10-13(12)2)31-23-20(22(18)28)21(16-7-6-8-17(11-16)30-5)27(24(23)29)25-26-14(3)15(4)32-25/h6-11,21H,1-5H3. The van der Waals surface area contributed by atoms with Crippen molar-refractivity contribution in [2.75, 3.05) is 12.0 Å². The second kappa shape index (κ2) is 7.31. The Morgan fingerprint density at radius 1 is 1.06 bits per heavy atom. The van der Waals surface area contributed by atoms with Gasteiger partial charge in [0.25, 0.3) is 5.91 Å². The molecule has 7 heteroatoms. The number of methoxy groups -OCH3 is 1. The lowest BCUT2D eigenvalue weighted by molar-refractivity contribution is 0.0971. The summed E-state index contributed by atoms with van der Waals surface area (Å²) in [7, 11) is 1.59. The molecule has 0 bridgehead atoms. The van der Waals surface area contributed by atoms with Crippen LogP contribution in [-0.4, -0.2) is 18.0 Å². The molecule has 162 valence electrons. The highest BCUT2D eigenvalue weighted by Gasteiger charge is 2.45. The zero-order valence-electron chi connectivity index (χ0n) is 18.5. The van der Waals surface area contributed by atoms with Gasteiger partial charge in [0, 0.05) is 4.88 Å². The first-order valence-corrected chi connectivity index (χ1v) is 11.1. The number of amides is 1. The van der Waals surface area contributed by atoms with E-state index < -0.39 is 6.04 Å². The van der Waals surface area contributed by atoms with Crippen LogP contribution in [0.15, 0.2) is 45.6 Å². The Morgan fingerprint density at radius 3 is 2.50 bits per heavy atom. The monoisotopic (exact) mass is 446 g/mol. The summed E-state index contributed by atoms with van der Waals surface area (Å²) in [6, 6.07) is 10.4. The van der Waals surface area contributed by atoms with E-state index in [9.17, 15) is 9.59 Å². The van der Waals surface area contributed by atoms with Gasteiger partial charge in [0.1, 0.15) is 11.3 Å². The van der Waals surface area contributed by atoms with Gasteiger partial charge in [-0.3, -0.25) is 14.5 Å². The third kappa shape index (κ3) is 2.96. The van der Waals surface area contributed by atoms with E-state index in [2.05, 4.69) is 4.98 Å². The second-order valence-electron chi connectivity index (χ2n) is 8.10. The van der Waals surface area contributed by atoms with Gasteiger partial charge in [-0.25, -0.2) is 4.98 Å². The van der Waals surface area contributed by atoms with Crippen molar-refractivity contribution < 1.29 is 13.9 Å². The lowest BCUT2D eigenvalue weighted by Gasteiger charge is -2.23. The third-order valence-electron chi connectivity index (χ3n) is 6.12. The Balaban J connectivity index is 1.83. The van der Waals surface area contributed by atoms with Gasteiger partial charge in [0.15, 0.2) is 10.6 Å². The largest absolute Gasteiger partial charge is 0.497 e. The van der Waals surface area contributed by atoms with Gasteiger partial charge in [-0.05, 0) is 68.7 Å². The van der Waals surface area contributed by atoms with E-state index in [1.807, 2.05) is 64.1 Å². The molecule has 2 aromatic carbocycles. The minimum absolute atomic E-state index is 0.0732. The minimum Gasteiger partial charge on any atom is -0.497 e. The fourth-order valence-corrected chi connectivity index (χ4v) is 5.05. The number of hydrogen-bond acceptors (Lipinski definition) is 6. The molecule has 1 aliphatic heterocycles. The fraction of sp³-hybridized carbons (Fsp3) is 0.240. The van der Waals surface area contributed by atoms with Crippen LogP contribution in [0.1, 0.15) is 49.4 Å². The lowest BCUT2D eigenvalue weighted by atomic mass is 9.97. The number of benzene rings is 2. The fourth-order valence-electron chi connectivity index (χ4n) is 4.11. The van der Waals surface area contributed by atoms with E-state index in [0.29, 0.717) is 27.4 Å². The van der Waals surface area contributed by atoms with Crippen LogP contribution in [0.3, 0.4) is 0 Å². The quantitative estimate of drug-likeness (QED) is 0.430. The Labute approximate surface area is 189 Å². The molecule has 0 saturated carbocycles. The van der Waals surface area contributed by atoms with Crippen molar-refractivity contribution in [1.82, 2.24) is 4.98 Å². The molecular weight excluding hydrogens is 424 g/mol. The number of carbonyl (C=O) groups excluding carboxylic acids is 1. The summed E-state index contributed by atoms with van der Waals surface area (Å²) in [5.41, 5.74) is 4.17. The Kier molecular flexibility index (Phi) is 4.67. The molecule has 3 heterocycles. The van der Waals surface area contributed by atoms with Crippen LogP contribution in [0, 0.1) is 27.7 Å². The van der Waals surface area contributed by atoms with E-state index in [4.69, 9.17) is 9.15 Å². The summed E-state index contributed by atoms with van der Waals surface area (Å²) in [6.45, 7) is 7.79. The molecule has 0 N–H and O–H groups in total. The SMILES string of the molecule is COc1cccc(C2c3c(oc4cc(C)c(C)cc4c3=O)C(=O)N2c2nc(C)c(C)s2)c1. The van der Waals surface area contributed by atoms with Gasteiger partial charge in [0.05, 0.1) is 29.8 Å². The normalized spacial score (nSPS) is 15.5. The van der Waals surface area contributed by atoms with Gasteiger partial charge in [-0.1, -0.05) is 12.1 Å². The van der Waals surface area contributed by atoms with E-state index in [1.54, 1.807) is 12.0 Å². The topological polar surface area (TPSA) is 72.6 Å². The molecule has 1 aliphatic rings. The molecule has 1 unspecified atom stereocenters. The average Bonchev–Trinajstić information content (AvgIpc) is 3.26. The molecule has 32 heavy (non-hydrogen) atoms. The van der Waals surface area contributed by atoms with Gasteiger partial charge >= 0.3 is 0 Å². The number of thiazole rings is 1. The number of carbonyl (C=O) groups is 1. The third-order valence-corrected chi connectivity index (χ3v) is 7.19. The molecule has 0 fully saturated rings. The first-order valence-electron chi connectivity index (χ1n) is 10.3. The molecule has 0 aliphatic carbocycles. The predicted molar refractivity (Wildman–Crippen MR) is 125 cm³/mol. The van der Waals surface area contributed by atoms with Crippen LogP contribution in [0.2, 0.25) is 0 Å². The molecule has 4 aromatic rings. The minimum atomic E-state index is -0.653. The van der Waals surface area contributed by atoms with Crippen molar-refractivity contribution in [1.29, 1.82) is 0 Å². The maximum absolute atomic E-state index is 13.7. The zero-order chi connectivity index (χ0) is 22.7. The highest BCUT2D eigenvalue weighted by Crippen LogP contribution is 2.43. The number of fused-ring (bicyclic) bond motifs is 2. The molecule has 0 saturated heterocycles. The first-order chi connectivity index (χ1) is 15.3. The Bertz CT molecular complexity index is 1450. The van der Waals surface area contributed by atoms with Crippen LogP contribution in [0.25, 0.3) is 11.0 Å². The lowest BCUT2D eigenvalue weighted by Crippen LogP contribution is -2.29. The second-order valence-corrected chi connectivity index (χ2v) is 9.28. The predicted octanol–water partition coefficient (Wildman–Crippen LogP) is 5.24. The molecule has 1 atom stereocenters. The summed E-state index contributed by atoms with van der Waals surface area (Å²) in [5, 5.41) is 1.01. The molecule has 0 spiro atoms. The number of aromatic nitrogens is 1. The van der Waals surface area contributed by atoms with Gasteiger partial charge in [-0.15, -0.1) is 11.3 Å². The summed E-state index contributed by atoms with van der Waals surface area (Å²) in [6.07, 6.45) is 0. The van der Waals surface area contributed by atoms with Crippen LogP contribution < -0.4 is 15.1 Å². The van der Waals surface area contributed by atoms with E-state index in [0.717, 1.165) is 27.3 Å². The summed E-state index contributed by atoms with van der Waals surface area (Å²) in [5.74, 6) is 0.356. The number of hydrogen-bond donors (Lipinski definition) is 0. The summed E-state index contributed by atoms with van der Waals surface area (Å²) in [4.78, 5) is 34.6. The van der Waals surface area contributed by atoms with Gasteiger partial charge in [0.2, 0.25) is 5.76 Å². The number of aryl methyl sites for hydroxylation is 4. The highest BCUT2D eigenvalue weighted by molar-refractivity contribution is 7.15. The molecular formula is C25H22N2O4S. The van der Waals surface area contributed by atoms with Crippen molar-refractivity contribution in [3.8, 4) is 5.75 Å². The zero-order valence-corrected chi connectivity index (χ0v) is 19.3. The Hall–Kier alpha value is -3.45. The van der Waals surface area contributed by atoms with Crippen LogP contribution >= 0.6 is 11.3 Å². The van der Waals surface area contributed by atoms with Crippen molar-refractivity contribution in [2.24, 2.45) is 0 Å². The van der Waals surface area contributed by atoms with Gasteiger partial charge < -0.3 is 9.15 Å². The maximum Gasteiger partial charge on any atom is 0.297 e. The summed E-state index contributed by atoms with van der Waals surface area (Å²) < 4.78 is 11.5. The number of anilines is 1. The maximum atomic E-state index is 13.7. The molecule has 0 radical (unpaired) electrons. The smallest absolute Gasteiger partial charge is 0.297 e. The first kappa shape index (κ1) is 20.5. The van der Waals surface area contributed by atoms with E-state index >= 15 is 0 Å². The van der Waals surface area contributed by atoms with E-state index in [1.165, 1.54) is 11.3 Å². The highest BCUT2D eigenvalue weighted by atomic mass is 32.1. The molecule has 1 amide bonds. The Morgan fingerprint density at radius 2 is 1.81 bits per heavy atom. The average molecular weight is 447 g/mol. The van der Waals surface area contributed by atoms with Crippen LogP contribution in [0.5, 0.6) is 5.75 Å². The van der Waals surface area contributed by atoms with E-state index in [-0.39, 0.29) is 17.1 Å². The van der Waals surface area contributed by atoms with Crippen molar-refractivity contribution in [3.05, 3.63) is 85.2 Å². The molecule has 6 nitrogen and oxygen atoms in total. The molecule has 2 aromatic heterocycles. The number of rotatable bonds is 3.